The van der Waals surface area contributed by atoms with Gasteiger partial charge in [-0.2, -0.15) is 10.2 Å². The summed E-state index contributed by atoms with van der Waals surface area (Å²) in [5.41, 5.74) is 10.6. The number of benzene rings is 1. The van der Waals surface area contributed by atoms with Crippen LogP contribution in [0.25, 0.3) is 10.9 Å². The van der Waals surface area contributed by atoms with E-state index in [1.54, 1.807) is 0 Å². The van der Waals surface area contributed by atoms with Crippen molar-refractivity contribution in [3.8, 4) is 0 Å². The Labute approximate surface area is 124 Å². The fraction of sp³-hybridized carbons (Fsp3) is 0.375. The predicted molar refractivity (Wildman–Crippen MR) is 84.0 cm³/mol. The number of hydrogen-bond donors (Lipinski definition) is 1. The van der Waals surface area contributed by atoms with E-state index < -0.39 is 0 Å². The van der Waals surface area contributed by atoms with Crippen LogP contribution >= 0.6 is 0 Å². The maximum Gasteiger partial charge on any atom is 0.0722 e. The first kappa shape index (κ1) is 13.8. The van der Waals surface area contributed by atoms with Gasteiger partial charge >= 0.3 is 0 Å². The molecule has 110 valence electrons. The van der Waals surface area contributed by atoms with Gasteiger partial charge < -0.3 is 5.73 Å². The second-order valence-electron chi connectivity index (χ2n) is 5.42. The molecule has 0 amide bonds. The van der Waals surface area contributed by atoms with Gasteiger partial charge in [-0.3, -0.25) is 9.36 Å². The molecule has 5 heteroatoms. The molecule has 1 unspecified atom stereocenters. The van der Waals surface area contributed by atoms with Gasteiger partial charge in [0.1, 0.15) is 0 Å². The van der Waals surface area contributed by atoms with E-state index >= 15 is 0 Å². The minimum Gasteiger partial charge on any atom is -0.322 e. The molecule has 3 rings (SSSR count). The number of hydrogen-bond acceptors (Lipinski definition) is 3. The molecular formula is C16H21N5. The van der Waals surface area contributed by atoms with Crippen LogP contribution in [0.3, 0.4) is 0 Å². The molecule has 1 atom stereocenters. The zero-order valence-electron chi connectivity index (χ0n) is 12.7. The van der Waals surface area contributed by atoms with Crippen LogP contribution in [0.15, 0.2) is 30.3 Å². The standard InChI is InChI=1S/C16H21N5/c1-4-21-15-8-6-5-7-12(15)14(19-21)10-13(17)16-9-11(2)18-20(16)3/h5-9,13H,4,10,17H2,1-3H3. The Kier molecular flexibility index (Phi) is 3.51. The number of aromatic nitrogens is 4. The van der Waals surface area contributed by atoms with Gasteiger partial charge in [-0.05, 0) is 26.0 Å². The van der Waals surface area contributed by atoms with Gasteiger partial charge in [0.15, 0.2) is 0 Å². The molecule has 2 aromatic heterocycles. The van der Waals surface area contributed by atoms with Gasteiger partial charge in [-0.1, -0.05) is 18.2 Å². The lowest BCUT2D eigenvalue weighted by Gasteiger charge is -2.10. The first-order valence-electron chi connectivity index (χ1n) is 7.30. The van der Waals surface area contributed by atoms with Crippen molar-refractivity contribution in [1.29, 1.82) is 0 Å². The van der Waals surface area contributed by atoms with Crippen molar-refractivity contribution < 1.29 is 0 Å². The van der Waals surface area contributed by atoms with Crippen molar-refractivity contribution in [3.63, 3.8) is 0 Å². The molecule has 21 heavy (non-hydrogen) atoms. The second-order valence-corrected chi connectivity index (χ2v) is 5.42. The first-order valence-corrected chi connectivity index (χ1v) is 7.30. The van der Waals surface area contributed by atoms with Crippen LogP contribution in [0.1, 0.15) is 30.0 Å². The molecule has 2 N–H and O–H groups in total. The van der Waals surface area contributed by atoms with E-state index in [4.69, 9.17) is 10.8 Å². The minimum atomic E-state index is -0.0974. The number of fused-ring (bicyclic) bond motifs is 1. The Morgan fingerprint density at radius 2 is 2.00 bits per heavy atom. The minimum absolute atomic E-state index is 0.0974. The highest BCUT2D eigenvalue weighted by molar-refractivity contribution is 5.82. The van der Waals surface area contributed by atoms with Gasteiger partial charge in [0.2, 0.25) is 0 Å². The molecule has 0 aliphatic rings. The van der Waals surface area contributed by atoms with Gasteiger partial charge in [0.05, 0.1) is 28.6 Å². The molecule has 1 aromatic carbocycles. The Hall–Kier alpha value is -2.14. The molecule has 0 bridgehead atoms. The van der Waals surface area contributed by atoms with E-state index in [-0.39, 0.29) is 6.04 Å². The van der Waals surface area contributed by atoms with Crippen LogP contribution < -0.4 is 5.73 Å². The van der Waals surface area contributed by atoms with Crippen molar-refractivity contribution >= 4 is 10.9 Å². The normalized spacial score (nSPS) is 13.0. The van der Waals surface area contributed by atoms with Crippen LogP contribution in [0.5, 0.6) is 0 Å². The van der Waals surface area contributed by atoms with E-state index in [2.05, 4.69) is 24.2 Å². The fourth-order valence-electron chi connectivity index (χ4n) is 2.88. The van der Waals surface area contributed by atoms with E-state index in [1.165, 1.54) is 10.9 Å². The van der Waals surface area contributed by atoms with Crippen LogP contribution in [-0.2, 0) is 20.0 Å². The summed E-state index contributed by atoms with van der Waals surface area (Å²) < 4.78 is 3.89. The monoisotopic (exact) mass is 283 g/mol. The maximum atomic E-state index is 6.37. The van der Waals surface area contributed by atoms with E-state index in [0.29, 0.717) is 6.42 Å². The SMILES string of the molecule is CCn1nc(CC(N)c2cc(C)nn2C)c2ccccc21. The molecule has 0 spiro atoms. The summed E-state index contributed by atoms with van der Waals surface area (Å²) in [4.78, 5) is 0. The Morgan fingerprint density at radius 3 is 2.67 bits per heavy atom. The van der Waals surface area contributed by atoms with Gasteiger partial charge in [0, 0.05) is 25.4 Å². The lowest BCUT2D eigenvalue weighted by atomic mass is 10.1. The average Bonchev–Trinajstić information content (AvgIpc) is 2.99. The largest absolute Gasteiger partial charge is 0.322 e. The third kappa shape index (κ3) is 2.45. The zero-order valence-corrected chi connectivity index (χ0v) is 12.7. The van der Waals surface area contributed by atoms with Crippen LogP contribution in [0.4, 0.5) is 0 Å². The van der Waals surface area contributed by atoms with Crippen molar-refractivity contribution in [3.05, 3.63) is 47.4 Å². The van der Waals surface area contributed by atoms with Crippen molar-refractivity contribution in [2.75, 3.05) is 0 Å². The van der Waals surface area contributed by atoms with Crippen molar-refractivity contribution in [2.45, 2.75) is 32.9 Å². The van der Waals surface area contributed by atoms with E-state index in [9.17, 15) is 0 Å². The third-order valence-electron chi connectivity index (χ3n) is 3.87. The molecule has 0 aliphatic heterocycles. The lowest BCUT2D eigenvalue weighted by Crippen LogP contribution is -2.17. The molecule has 0 fully saturated rings. The lowest BCUT2D eigenvalue weighted by molar-refractivity contribution is 0.596. The zero-order chi connectivity index (χ0) is 15.0. The highest BCUT2D eigenvalue weighted by Gasteiger charge is 2.17. The summed E-state index contributed by atoms with van der Waals surface area (Å²) in [6.07, 6.45) is 0.715. The van der Waals surface area contributed by atoms with E-state index in [1.807, 2.05) is 41.5 Å². The summed E-state index contributed by atoms with van der Waals surface area (Å²) >= 11 is 0. The number of nitrogens with two attached hydrogens (primary N) is 1. The molecule has 0 aliphatic carbocycles. The molecule has 0 saturated carbocycles. The topological polar surface area (TPSA) is 61.7 Å². The summed E-state index contributed by atoms with van der Waals surface area (Å²) in [7, 11) is 1.94. The van der Waals surface area contributed by atoms with E-state index in [0.717, 1.165) is 23.6 Å². The Bertz CT molecular complexity index is 768. The molecule has 2 heterocycles. The van der Waals surface area contributed by atoms with Crippen LogP contribution in [0.2, 0.25) is 0 Å². The fourth-order valence-corrected chi connectivity index (χ4v) is 2.88. The molecule has 3 aromatic rings. The summed E-state index contributed by atoms with van der Waals surface area (Å²) in [6, 6.07) is 10.3. The smallest absolute Gasteiger partial charge is 0.0722 e. The highest BCUT2D eigenvalue weighted by Crippen LogP contribution is 2.23. The predicted octanol–water partition coefficient (Wildman–Crippen LogP) is 2.34. The van der Waals surface area contributed by atoms with Crippen LogP contribution in [0, 0.1) is 6.92 Å². The molecule has 5 nitrogen and oxygen atoms in total. The van der Waals surface area contributed by atoms with Crippen molar-refractivity contribution in [2.24, 2.45) is 12.8 Å². The van der Waals surface area contributed by atoms with Crippen molar-refractivity contribution in [1.82, 2.24) is 19.6 Å². The Balaban J connectivity index is 1.96. The first-order chi connectivity index (χ1) is 10.1. The summed E-state index contributed by atoms with van der Waals surface area (Å²) in [5, 5.41) is 10.3. The number of para-hydroxylation sites is 1. The number of rotatable bonds is 4. The maximum absolute atomic E-state index is 6.37. The summed E-state index contributed by atoms with van der Waals surface area (Å²) in [6.45, 7) is 4.95. The quantitative estimate of drug-likeness (QED) is 0.799. The number of nitrogens with zero attached hydrogens (tertiary/aromatic N) is 4. The van der Waals surface area contributed by atoms with Gasteiger partial charge in [0.25, 0.3) is 0 Å². The summed E-state index contributed by atoms with van der Waals surface area (Å²) in [5.74, 6) is 0. The molecule has 0 radical (unpaired) electrons. The second kappa shape index (κ2) is 5.33. The highest BCUT2D eigenvalue weighted by atomic mass is 15.3. The molecule has 0 saturated heterocycles. The van der Waals surface area contributed by atoms with Gasteiger partial charge in [-0.15, -0.1) is 0 Å². The van der Waals surface area contributed by atoms with Gasteiger partial charge in [-0.25, -0.2) is 0 Å². The molecular weight excluding hydrogens is 262 g/mol. The Morgan fingerprint density at radius 1 is 1.24 bits per heavy atom. The van der Waals surface area contributed by atoms with Crippen LogP contribution in [-0.4, -0.2) is 19.6 Å². The number of aryl methyl sites for hydroxylation is 3. The third-order valence-corrected chi connectivity index (χ3v) is 3.87. The average molecular weight is 283 g/mol.